The van der Waals surface area contributed by atoms with Crippen LogP contribution in [0.25, 0.3) is 0 Å². The molecule has 2 N–H and O–H groups in total. The zero-order valence-corrected chi connectivity index (χ0v) is 13.7. The first-order valence-corrected chi connectivity index (χ1v) is 7.91. The second kappa shape index (κ2) is 6.36. The third kappa shape index (κ3) is 3.22. The molecule has 4 heteroatoms. The molecule has 22 heavy (non-hydrogen) atoms. The Balaban J connectivity index is 1.69. The number of aryl methyl sites for hydroxylation is 2. The summed E-state index contributed by atoms with van der Waals surface area (Å²) in [6.07, 6.45) is 0.908. The lowest BCUT2D eigenvalue weighted by atomic mass is 10.0. The summed E-state index contributed by atoms with van der Waals surface area (Å²) in [4.78, 5) is 0. The van der Waals surface area contributed by atoms with E-state index in [9.17, 15) is 0 Å². The molecule has 1 aliphatic rings. The molecule has 1 aliphatic heterocycles. The van der Waals surface area contributed by atoms with Crippen molar-refractivity contribution in [1.29, 1.82) is 0 Å². The molecule has 0 radical (unpaired) electrons. The van der Waals surface area contributed by atoms with E-state index < -0.39 is 0 Å². The lowest BCUT2D eigenvalue weighted by Gasteiger charge is -2.27. The molecule has 1 atom stereocenters. The average Bonchev–Trinajstić information content (AvgIpc) is 2.51. The van der Waals surface area contributed by atoms with Crippen molar-refractivity contribution >= 4 is 23.0 Å². The molecule has 0 spiro atoms. The van der Waals surface area contributed by atoms with E-state index in [0.717, 1.165) is 23.4 Å². The fraction of sp³-hybridized carbons (Fsp3) is 0.278. The van der Waals surface area contributed by atoms with E-state index in [1.54, 1.807) is 0 Å². The van der Waals surface area contributed by atoms with E-state index in [0.29, 0.717) is 11.7 Å². The van der Waals surface area contributed by atoms with Crippen LogP contribution in [0.15, 0.2) is 42.5 Å². The van der Waals surface area contributed by atoms with Gasteiger partial charge in [0, 0.05) is 17.7 Å². The van der Waals surface area contributed by atoms with E-state index in [2.05, 4.69) is 42.7 Å². The van der Waals surface area contributed by atoms with Gasteiger partial charge in [-0.2, -0.15) is 0 Å². The average molecular weight is 312 g/mol. The molecule has 3 nitrogen and oxygen atoms in total. The normalized spacial score (nSPS) is 16.4. The number of anilines is 1. The largest absolute Gasteiger partial charge is 0.493 e. The van der Waals surface area contributed by atoms with E-state index in [4.69, 9.17) is 17.0 Å². The number of nitrogens with one attached hydrogen (secondary N) is 2. The Morgan fingerprint density at radius 2 is 1.95 bits per heavy atom. The molecule has 1 heterocycles. The number of thiocarbonyl (C=S) groups is 1. The Morgan fingerprint density at radius 1 is 1.14 bits per heavy atom. The first-order valence-electron chi connectivity index (χ1n) is 7.50. The minimum atomic E-state index is 0.191. The Morgan fingerprint density at radius 3 is 2.77 bits per heavy atom. The van der Waals surface area contributed by atoms with Crippen LogP contribution in [-0.2, 0) is 0 Å². The van der Waals surface area contributed by atoms with Crippen LogP contribution in [-0.4, -0.2) is 11.7 Å². The van der Waals surface area contributed by atoms with E-state index in [1.165, 1.54) is 11.1 Å². The molecule has 3 rings (SSSR count). The van der Waals surface area contributed by atoms with E-state index in [-0.39, 0.29) is 6.04 Å². The number of benzene rings is 2. The molecule has 0 aliphatic carbocycles. The van der Waals surface area contributed by atoms with Gasteiger partial charge in [-0.1, -0.05) is 24.3 Å². The van der Waals surface area contributed by atoms with Crippen LogP contribution >= 0.6 is 12.2 Å². The van der Waals surface area contributed by atoms with Crippen molar-refractivity contribution in [3.05, 3.63) is 59.2 Å². The molecular weight excluding hydrogens is 292 g/mol. The molecule has 0 saturated heterocycles. The summed E-state index contributed by atoms with van der Waals surface area (Å²) >= 11 is 5.46. The number of fused-ring (bicyclic) bond motifs is 1. The molecule has 2 aromatic carbocycles. The van der Waals surface area contributed by atoms with Crippen molar-refractivity contribution in [2.45, 2.75) is 26.3 Å². The topological polar surface area (TPSA) is 33.3 Å². The van der Waals surface area contributed by atoms with Gasteiger partial charge in [0.2, 0.25) is 0 Å². The highest BCUT2D eigenvalue weighted by Crippen LogP contribution is 2.31. The second-order valence-corrected chi connectivity index (χ2v) is 6.03. The van der Waals surface area contributed by atoms with E-state index >= 15 is 0 Å². The van der Waals surface area contributed by atoms with Crippen LogP contribution in [0.1, 0.15) is 29.2 Å². The standard InChI is InChI=1S/C18H20N2OS/c1-12-7-8-14(11-13(12)2)19-18(22)20-16-9-10-21-17-6-4-3-5-15(16)17/h3-8,11,16H,9-10H2,1-2H3,(H2,19,20,22)/t16-/m0/s1. The summed E-state index contributed by atoms with van der Waals surface area (Å²) in [6, 6.07) is 14.6. The number of ether oxygens (including phenoxy) is 1. The minimum absolute atomic E-state index is 0.191. The van der Waals surface area contributed by atoms with Crippen LogP contribution in [0.5, 0.6) is 5.75 Å². The van der Waals surface area contributed by atoms with Crippen LogP contribution in [0.3, 0.4) is 0 Å². The molecule has 114 valence electrons. The van der Waals surface area contributed by atoms with Crippen molar-refractivity contribution in [1.82, 2.24) is 5.32 Å². The molecule has 0 amide bonds. The Bertz CT molecular complexity index is 699. The van der Waals surface area contributed by atoms with Crippen molar-refractivity contribution in [3.63, 3.8) is 0 Å². The van der Waals surface area contributed by atoms with Gasteiger partial charge in [0.05, 0.1) is 12.6 Å². The van der Waals surface area contributed by atoms with Gasteiger partial charge >= 0.3 is 0 Å². The van der Waals surface area contributed by atoms with Gasteiger partial charge in [-0.15, -0.1) is 0 Å². The van der Waals surface area contributed by atoms with Gasteiger partial charge < -0.3 is 15.4 Å². The summed E-state index contributed by atoms with van der Waals surface area (Å²) < 4.78 is 5.68. The number of hydrogen-bond donors (Lipinski definition) is 2. The Labute approximate surface area is 136 Å². The predicted octanol–water partition coefficient (Wildman–Crippen LogP) is 4.11. The second-order valence-electron chi connectivity index (χ2n) is 5.63. The van der Waals surface area contributed by atoms with Crippen molar-refractivity contribution in [2.24, 2.45) is 0 Å². The molecule has 0 unspecified atom stereocenters. The summed E-state index contributed by atoms with van der Waals surface area (Å²) in [6.45, 7) is 4.92. The van der Waals surface area contributed by atoms with Gasteiger partial charge in [-0.05, 0) is 55.4 Å². The first-order chi connectivity index (χ1) is 10.6. The summed E-state index contributed by atoms with van der Waals surface area (Å²) in [5.74, 6) is 0.945. The summed E-state index contributed by atoms with van der Waals surface area (Å²) in [7, 11) is 0. The highest BCUT2D eigenvalue weighted by atomic mass is 32.1. The maximum Gasteiger partial charge on any atom is 0.171 e. The van der Waals surface area contributed by atoms with Gasteiger partial charge in [0.15, 0.2) is 5.11 Å². The number of rotatable bonds is 2. The van der Waals surface area contributed by atoms with Crippen LogP contribution in [0.4, 0.5) is 5.69 Å². The molecule has 2 aromatic rings. The van der Waals surface area contributed by atoms with Gasteiger partial charge in [-0.3, -0.25) is 0 Å². The summed E-state index contributed by atoms with van der Waals surface area (Å²) in [5.41, 5.74) is 4.71. The van der Waals surface area contributed by atoms with Gasteiger partial charge in [0.1, 0.15) is 5.75 Å². The molecular formula is C18H20N2OS. The Kier molecular flexibility index (Phi) is 4.29. The smallest absolute Gasteiger partial charge is 0.171 e. The third-order valence-corrected chi connectivity index (χ3v) is 4.25. The van der Waals surface area contributed by atoms with Gasteiger partial charge in [0.25, 0.3) is 0 Å². The fourth-order valence-electron chi connectivity index (χ4n) is 2.64. The summed E-state index contributed by atoms with van der Waals surface area (Å²) in [5, 5.41) is 7.31. The van der Waals surface area contributed by atoms with Crippen molar-refractivity contribution in [3.8, 4) is 5.75 Å². The zero-order chi connectivity index (χ0) is 15.5. The quantitative estimate of drug-likeness (QED) is 0.818. The maximum absolute atomic E-state index is 5.68. The molecule has 0 aromatic heterocycles. The lowest BCUT2D eigenvalue weighted by molar-refractivity contribution is 0.262. The van der Waals surface area contributed by atoms with E-state index in [1.807, 2.05) is 24.3 Å². The highest BCUT2D eigenvalue weighted by Gasteiger charge is 2.21. The number of para-hydroxylation sites is 1. The molecule has 0 saturated carbocycles. The van der Waals surface area contributed by atoms with Gasteiger partial charge in [-0.25, -0.2) is 0 Å². The predicted molar refractivity (Wildman–Crippen MR) is 94.6 cm³/mol. The van der Waals surface area contributed by atoms with Crippen LogP contribution < -0.4 is 15.4 Å². The fourth-order valence-corrected chi connectivity index (χ4v) is 2.90. The molecule has 0 bridgehead atoms. The Hall–Kier alpha value is -2.07. The zero-order valence-electron chi connectivity index (χ0n) is 12.8. The number of hydrogen-bond acceptors (Lipinski definition) is 2. The van der Waals surface area contributed by atoms with Crippen molar-refractivity contribution in [2.75, 3.05) is 11.9 Å². The maximum atomic E-state index is 5.68. The highest BCUT2D eigenvalue weighted by molar-refractivity contribution is 7.80. The van der Waals surface area contributed by atoms with Crippen LogP contribution in [0.2, 0.25) is 0 Å². The van der Waals surface area contributed by atoms with Crippen LogP contribution in [0, 0.1) is 13.8 Å². The SMILES string of the molecule is Cc1ccc(NC(=S)N[C@H]2CCOc3ccccc32)cc1C. The first kappa shape index (κ1) is 14.9. The minimum Gasteiger partial charge on any atom is -0.493 e. The third-order valence-electron chi connectivity index (χ3n) is 4.03. The molecule has 0 fully saturated rings. The monoisotopic (exact) mass is 312 g/mol. The van der Waals surface area contributed by atoms with Crippen molar-refractivity contribution < 1.29 is 4.74 Å². The lowest BCUT2D eigenvalue weighted by Crippen LogP contribution is -2.35.